The molecule has 38 heavy (non-hydrogen) atoms. The summed E-state index contributed by atoms with van der Waals surface area (Å²) < 4.78 is 4.48. The second kappa shape index (κ2) is 14.0. The normalized spacial score (nSPS) is 11.4. The summed E-state index contributed by atoms with van der Waals surface area (Å²) in [6.07, 6.45) is 16.0. The number of halogens is 2. The molecule has 0 atom stereocenters. The second-order valence-corrected chi connectivity index (χ2v) is 9.91. The Morgan fingerprint density at radius 3 is 1.26 bits per heavy atom. The topological polar surface area (TPSA) is 24.8 Å². The molecule has 0 saturated heterocycles. The fourth-order valence-corrected chi connectivity index (χ4v) is 5.12. The van der Waals surface area contributed by atoms with Crippen LogP contribution in [0.15, 0.2) is 85.5 Å². The van der Waals surface area contributed by atoms with Crippen LogP contribution in [0.5, 0.6) is 0 Å². The average Bonchev–Trinajstić information content (AvgIpc) is 3.20. The Bertz CT molecular complexity index is 1260. The molecule has 198 valence electrons. The molecule has 0 radical (unpaired) electrons. The number of carbonyl (C=O) groups is 1. The predicted octanol–water partition coefficient (Wildman–Crippen LogP) is 1.20. The zero-order valence-electron chi connectivity index (χ0n) is 22.3. The molecule has 0 N–H and O–H groups in total. The highest BCUT2D eigenvalue weighted by Gasteiger charge is 2.27. The standard InChI is InChI=1S/C33H36N2O.2BrH/c1-3-5-7-17-34-19-13-25(14-20-34)27-9-11-29-30-12-10-28(24-32(30)33(36)31(29)23-27)26-15-21-35(22-16-26)18-8-6-4-2;;/h9-16,19-24H,3-8,17-18H2,1-2H3;2*1H/q+2;;/p-2. The Labute approximate surface area is 248 Å². The van der Waals surface area contributed by atoms with Gasteiger partial charge in [0.2, 0.25) is 0 Å². The van der Waals surface area contributed by atoms with Crippen molar-refractivity contribution in [3.05, 3.63) is 96.6 Å². The Balaban J connectivity index is 0.00000200. The van der Waals surface area contributed by atoms with E-state index in [-0.39, 0.29) is 39.7 Å². The molecule has 4 aromatic rings. The van der Waals surface area contributed by atoms with Crippen molar-refractivity contribution in [1.29, 1.82) is 0 Å². The molecule has 2 aromatic heterocycles. The third-order valence-electron chi connectivity index (χ3n) is 7.31. The lowest BCUT2D eigenvalue weighted by Crippen LogP contribution is -3.00. The molecule has 5 rings (SSSR count). The number of nitrogens with zero attached hydrogens (tertiary/aromatic N) is 2. The molecule has 1 aliphatic carbocycles. The van der Waals surface area contributed by atoms with Crippen LogP contribution in [0.3, 0.4) is 0 Å². The van der Waals surface area contributed by atoms with E-state index >= 15 is 0 Å². The fourth-order valence-electron chi connectivity index (χ4n) is 5.12. The van der Waals surface area contributed by atoms with Gasteiger partial charge in [-0.25, -0.2) is 9.13 Å². The van der Waals surface area contributed by atoms with Crippen molar-refractivity contribution in [3.63, 3.8) is 0 Å². The summed E-state index contributed by atoms with van der Waals surface area (Å²) in [5.41, 5.74) is 8.16. The molecular formula is C33H36Br2N2O. The number of pyridine rings is 2. The van der Waals surface area contributed by atoms with Gasteiger partial charge in [-0.05, 0) is 58.4 Å². The van der Waals surface area contributed by atoms with Gasteiger partial charge in [0.05, 0.1) is 0 Å². The van der Waals surface area contributed by atoms with Gasteiger partial charge >= 0.3 is 0 Å². The molecule has 5 heteroatoms. The number of hydrogen-bond acceptors (Lipinski definition) is 1. The summed E-state index contributed by atoms with van der Waals surface area (Å²) in [5, 5.41) is 0. The zero-order valence-corrected chi connectivity index (χ0v) is 25.5. The van der Waals surface area contributed by atoms with Gasteiger partial charge < -0.3 is 34.0 Å². The Morgan fingerprint density at radius 1 is 0.500 bits per heavy atom. The first-order chi connectivity index (χ1) is 17.7. The predicted molar refractivity (Wildman–Crippen MR) is 146 cm³/mol. The highest BCUT2D eigenvalue weighted by atomic mass is 79.9. The Hall–Kier alpha value is -2.63. The van der Waals surface area contributed by atoms with Crippen LogP contribution >= 0.6 is 0 Å². The second-order valence-electron chi connectivity index (χ2n) is 9.91. The minimum atomic E-state index is 0. The van der Waals surface area contributed by atoms with Gasteiger partial charge in [0.15, 0.2) is 30.6 Å². The zero-order chi connectivity index (χ0) is 24.9. The summed E-state index contributed by atoms with van der Waals surface area (Å²) in [6.45, 7) is 6.56. The lowest BCUT2D eigenvalue weighted by atomic mass is 9.98. The van der Waals surface area contributed by atoms with Gasteiger partial charge in [-0.15, -0.1) is 0 Å². The van der Waals surface area contributed by atoms with Crippen molar-refractivity contribution in [2.75, 3.05) is 0 Å². The fraction of sp³-hybridized carbons (Fsp3) is 0.303. The molecule has 2 heterocycles. The van der Waals surface area contributed by atoms with E-state index in [0.717, 1.165) is 57.6 Å². The van der Waals surface area contributed by atoms with Crippen LogP contribution in [0.25, 0.3) is 33.4 Å². The first kappa shape index (κ1) is 29.9. The number of rotatable bonds is 10. The van der Waals surface area contributed by atoms with Crippen molar-refractivity contribution in [2.45, 2.75) is 65.5 Å². The van der Waals surface area contributed by atoms with E-state index in [2.05, 4.69) is 108 Å². The molecular weight excluding hydrogens is 600 g/mol. The molecule has 0 unspecified atom stereocenters. The lowest BCUT2D eigenvalue weighted by Gasteiger charge is -2.06. The summed E-state index contributed by atoms with van der Waals surface area (Å²) in [4.78, 5) is 13.4. The minimum absolute atomic E-state index is 0. The molecule has 2 aromatic carbocycles. The van der Waals surface area contributed by atoms with Crippen molar-refractivity contribution in [2.24, 2.45) is 0 Å². The molecule has 0 aliphatic heterocycles. The minimum Gasteiger partial charge on any atom is -1.00 e. The van der Waals surface area contributed by atoms with E-state index in [1.54, 1.807) is 0 Å². The molecule has 0 bridgehead atoms. The number of hydrogen-bond donors (Lipinski definition) is 0. The van der Waals surface area contributed by atoms with Gasteiger partial charge in [-0.1, -0.05) is 51.0 Å². The van der Waals surface area contributed by atoms with Crippen molar-refractivity contribution >= 4 is 5.78 Å². The number of carbonyl (C=O) groups excluding carboxylic acids is 1. The first-order valence-corrected chi connectivity index (χ1v) is 13.5. The quantitative estimate of drug-likeness (QED) is 0.167. The Morgan fingerprint density at radius 2 is 0.895 bits per heavy atom. The summed E-state index contributed by atoms with van der Waals surface area (Å²) in [5.74, 6) is 0.125. The van der Waals surface area contributed by atoms with Crippen LogP contribution in [0.1, 0.15) is 68.3 Å². The summed E-state index contributed by atoms with van der Waals surface area (Å²) in [6, 6.07) is 21.2. The largest absolute Gasteiger partial charge is 1.00 e. The number of unbranched alkanes of at least 4 members (excludes halogenated alkanes) is 4. The highest BCUT2D eigenvalue weighted by Crippen LogP contribution is 2.40. The van der Waals surface area contributed by atoms with Gasteiger partial charge in [-0.3, -0.25) is 4.79 Å². The molecule has 0 spiro atoms. The molecule has 0 fully saturated rings. The number of ketones is 1. The number of fused-ring (bicyclic) bond motifs is 3. The van der Waals surface area contributed by atoms with Crippen LogP contribution in [0.2, 0.25) is 0 Å². The third-order valence-corrected chi connectivity index (χ3v) is 7.31. The number of aryl methyl sites for hydroxylation is 2. The van der Waals surface area contributed by atoms with Gasteiger partial charge in [0.1, 0.15) is 13.1 Å². The highest BCUT2D eigenvalue weighted by molar-refractivity contribution is 6.22. The third kappa shape index (κ3) is 6.50. The van der Waals surface area contributed by atoms with Crippen LogP contribution in [-0.2, 0) is 13.1 Å². The lowest BCUT2D eigenvalue weighted by molar-refractivity contribution is -0.697. The van der Waals surface area contributed by atoms with E-state index in [9.17, 15) is 4.79 Å². The van der Waals surface area contributed by atoms with E-state index in [1.807, 2.05) is 0 Å². The number of aromatic nitrogens is 2. The van der Waals surface area contributed by atoms with Crippen LogP contribution in [-0.4, -0.2) is 5.78 Å². The van der Waals surface area contributed by atoms with Gasteiger partial charge in [-0.2, -0.15) is 0 Å². The van der Waals surface area contributed by atoms with E-state index in [4.69, 9.17) is 0 Å². The van der Waals surface area contributed by atoms with Crippen molar-refractivity contribution < 1.29 is 47.9 Å². The summed E-state index contributed by atoms with van der Waals surface area (Å²) in [7, 11) is 0. The molecule has 3 nitrogen and oxygen atoms in total. The molecule has 1 aliphatic rings. The van der Waals surface area contributed by atoms with Crippen LogP contribution in [0.4, 0.5) is 0 Å². The average molecular weight is 636 g/mol. The number of benzene rings is 2. The van der Waals surface area contributed by atoms with Crippen molar-refractivity contribution in [1.82, 2.24) is 0 Å². The molecule has 0 amide bonds. The monoisotopic (exact) mass is 634 g/mol. The summed E-state index contributed by atoms with van der Waals surface area (Å²) >= 11 is 0. The maximum absolute atomic E-state index is 13.4. The first-order valence-electron chi connectivity index (χ1n) is 13.5. The maximum Gasteiger partial charge on any atom is 0.194 e. The smallest absolute Gasteiger partial charge is 0.194 e. The molecule has 0 saturated carbocycles. The maximum atomic E-state index is 13.4. The SMILES string of the molecule is CCCCC[n+]1ccc(-c2ccc3c(c2)C(=O)c2cc(-c4cc[n+](CCCCC)cc4)ccc2-3)cc1.[Br-].[Br-]. The van der Waals surface area contributed by atoms with E-state index < -0.39 is 0 Å². The van der Waals surface area contributed by atoms with Gasteiger partial charge in [0, 0.05) is 48.2 Å². The van der Waals surface area contributed by atoms with Crippen LogP contribution in [0, 0.1) is 0 Å². The van der Waals surface area contributed by atoms with Gasteiger partial charge in [0.25, 0.3) is 0 Å². The Kier molecular flexibility index (Phi) is 11.0. The van der Waals surface area contributed by atoms with Crippen molar-refractivity contribution in [3.8, 4) is 33.4 Å². The van der Waals surface area contributed by atoms with E-state index in [1.165, 1.54) is 38.5 Å². The van der Waals surface area contributed by atoms with E-state index in [0.29, 0.717) is 0 Å². The van der Waals surface area contributed by atoms with Crippen LogP contribution < -0.4 is 43.1 Å².